The summed E-state index contributed by atoms with van der Waals surface area (Å²) in [5.74, 6) is -0.877. The third kappa shape index (κ3) is 56.2. The first-order valence-corrected chi connectivity index (χ1v) is 30.1. The first kappa shape index (κ1) is 66.4. The second-order valence-corrected chi connectivity index (χ2v) is 20.3. The highest BCUT2D eigenvalue weighted by atomic mass is 16.6. The molecule has 1 unspecified atom stereocenters. The van der Waals surface area contributed by atoms with Crippen molar-refractivity contribution in [3.8, 4) is 0 Å². The van der Waals surface area contributed by atoms with Gasteiger partial charge in [0, 0.05) is 19.3 Å². The van der Waals surface area contributed by atoms with Crippen LogP contribution in [0, 0.1) is 0 Å². The molecule has 0 aliphatic rings. The maximum Gasteiger partial charge on any atom is 0.306 e. The Hall–Kier alpha value is -2.63. The predicted molar refractivity (Wildman–Crippen MR) is 298 cm³/mol. The van der Waals surface area contributed by atoms with E-state index in [0.717, 1.165) is 89.9 Å². The van der Waals surface area contributed by atoms with Gasteiger partial charge in [0.1, 0.15) is 13.2 Å². The van der Waals surface area contributed by atoms with Crippen molar-refractivity contribution in [3.63, 3.8) is 0 Å². The average Bonchev–Trinajstić information content (AvgIpc) is 3.35. The van der Waals surface area contributed by atoms with E-state index in [0.29, 0.717) is 19.3 Å². The Kier molecular flexibility index (Phi) is 55.7. The molecule has 69 heavy (non-hydrogen) atoms. The number of hydrogen-bond donors (Lipinski definition) is 0. The molecule has 0 fully saturated rings. The van der Waals surface area contributed by atoms with Gasteiger partial charge in [-0.25, -0.2) is 0 Å². The molecule has 0 rings (SSSR count). The van der Waals surface area contributed by atoms with E-state index in [4.69, 9.17) is 14.2 Å². The van der Waals surface area contributed by atoms with Crippen LogP contribution in [0.4, 0.5) is 0 Å². The quantitative estimate of drug-likeness (QED) is 0.0262. The van der Waals surface area contributed by atoms with Gasteiger partial charge in [0.15, 0.2) is 6.10 Å². The summed E-state index contributed by atoms with van der Waals surface area (Å²) in [6.07, 6.45) is 71.1. The van der Waals surface area contributed by atoms with Crippen molar-refractivity contribution >= 4 is 17.9 Å². The summed E-state index contributed by atoms with van der Waals surface area (Å²) < 4.78 is 16.9. The lowest BCUT2D eigenvalue weighted by Gasteiger charge is -2.18. The Morgan fingerprint density at radius 1 is 0.290 bits per heavy atom. The zero-order chi connectivity index (χ0) is 50.0. The average molecular weight is 968 g/mol. The maximum atomic E-state index is 12.8. The largest absolute Gasteiger partial charge is 0.462 e. The standard InChI is InChI=1S/C63H114O6/c1-4-7-10-13-16-19-22-24-26-28-29-30-31-32-33-34-35-36-38-39-41-44-47-50-53-56-62(65)68-59-60(58-67-61(64)55-52-49-46-43-21-18-15-12-9-6-3)69-63(66)57-54-51-48-45-42-40-37-27-25-23-20-17-14-11-8-5-2/h20,22-24,27-29,37,60H,4-19,21,25-26,30-36,38-59H2,1-3H3/b23-20-,24-22-,29-28-,37-27-. The molecule has 1 atom stereocenters. The first-order valence-electron chi connectivity index (χ1n) is 30.1. The molecule has 0 N–H and O–H groups in total. The third-order valence-corrected chi connectivity index (χ3v) is 13.3. The molecule has 6 heteroatoms. The molecule has 0 heterocycles. The van der Waals surface area contributed by atoms with Crippen LogP contribution in [-0.4, -0.2) is 37.2 Å². The van der Waals surface area contributed by atoms with E-state index in [-0.39, 0.29) is 31.1 Å². The van der Waals surface area contributed by atoms with Gasteiger partial charge >= 0.3 is 17.9 Å². The molecule has 402 valence electrons. The van der Waals surface area contributed by atoms with Gasteiger partial charge in [-0.05, 0) is 83.5 Å². The van der Waals surface area contributed by atoms with E-state index in [1.807, 2.05) is 0 Å². The summed E-state index contributed by atoms with van der Waals surface area (Å²) in [7, 11) is 0. The summed E-state index contributed by atoms with van der Waals surface area (Å²) in [5, 5.41) is 0. The lowest BCUT2D eigenvalue weighted by molar-refractivity contribution is -0.167. The Morgan fingerprint density at radius 2 is 0.522 bits per heavy atom. The SMILES string of the molecule is CCCCCC/C=C\C/C=C\CCCCCCCC(=O)OC(COC(=O)CCCCCCCCCCCC)COC(=O)CCCCCCCCCCCCCCC/C=C\C/C=C\CCCCCCC. The van der Waals surface area contributed by atoms with Crippen molar-refractivity contribution in [1.82, 2.24) is 0 Å². The van der Waals surface area contributed by atoms with E-state index < -0.39 is 6.10 Å². The Balaban J connectivity index is 4.22. The molecule has 0 aromatic carbocycles. The highest BCUT2D eigenvalue weighted by Gasteiger charge is 2.19. The van der Waals surface area contributed by atoms with Crippen molar-refractivity contribution in [2.75, 3.05) is 13.2 Å². The zero-order valence-corrected chi connectivity index (χ0v) is 46.1. The fourth-order valence-corrected chi connectivity index (χ4v) is 8.74. The Bertz CT molecular complexity index is 1200. The van der Waals surface area contributed by atoms with Crippen LogP contribution in [0.3, 0.4) is 0 Å². The molecule has 0 spiro atoms. The highest BCUT2D eigenvalue weighted by molar-refractivity contribution is 5.71. The molecule has 0 aromatic rings. The minimum atomic E-state index is -0.777. The van der Waals surface area contributed by atoms with Gasteiger partial charge in [-0.15, -0.1) is 0 Å². The van der Waals surface area contributed by atoms with Gasteiger partial charge in [-0.1, -0.05) is 262 Å². The van der Waals surface area contributed by atoms with Crippen LogP contribution in [0.25, 0.3) is 0 Å². The number of carbonyl (C=O) groups excluding carboxylic acids is 3. The second kappa shape index (κ2) is 57.9. The molecule has 0 saturated carbocycles. The summed E-state index contributed by atoms with van der Waals surface area (Å²) in [4.78, 5) is 38.1. The molecule has 0 amide bonds. The number of esters is 3. The number of allylic oxidation sites excluding steroid dienone is 8. The third-order valence-electron chi connectivity index (χ3n) is 13.3. The smallest absolute Gasteiger partial charge is 0.306 e. The fourth-order valence-electron chi connectivity index (χ4n) is 8.74. The van der Waals surface area contributed by atoms with Crippen LogP contribution >= 0.6 is 0 Å². The fraction of sp³-hybridized carbons (Fsp3) is 0.825. The first-order chi connectivity index (χ1) is 34.0. The van der Waals surface area contributed by atoms with Crippen molar-refractivity contribution in [2.24, 2.45) is 0 Å². The lowest BCUT2D eigenvalue weighted by atomic mass is 10.0. The number of rotatable bonds is 55. The topological polar surface area (TPSA) is 78.9 Å². The van der Waals surface area contributed by atoms with E-state index in [1.54, 1.807) is 0 Å². The summed E-state index contributed by atoms with van der Waals surface area (Å²) >= 11 is 0. The minimum absolute atomic E-state index is 0.0759. The molecule has 0 aliphatic carbocycles. The van der Waals surface area contributed by atoms with Crippen molar-refractivity contribution in [2.45, 2.75) is 322 Å². The Labute approximate surface area is 428 Å². The van der Waals surface area contributed by atoms with Crippen LogP contribution in [0.15, 0.2) is 48.6 Å². The van der Waals surface area contributed by atoms with Gasteiger partial charge in [0.05, 0.1) is 0 Å². The summed E-state index contributed by atoms with van der Waals surface area (Å²) in [5.41, 5.74) is 0. The molecule has 6 nitrogen and oxygen atoms in total. The van der Waals surface area contributed by atoms with Crippen LogP contribution < -0.4 is 0 Å². The number of hydrogen-bond acceptors (Lipinski definition) is 6. The normalized spacial score (nSPS) is 12.3. The van der Waals surface area contributed by atoms with Gasteiger partial charge in [0.2, 0.25) is 0 Å². The van der Waals surface area contributed by atoms with E-state index in [1.165, 1.54) is 186 Å². The minimum Gasteiger partial charge on any atom is -0.462 e. The predicted octanol–water partition coefficient (Wildman–Crippen LogP) is 20.2. The lowest BCUT2D eigenvalue weighted by Crippen LogP contribution is -2.30. The van der Waals surface area contributed by atoms with Gasteiger partial charge in [-0.2, -0.15) is 0 Å². The van der Waals surface area contributed by atoms with Gasteiger partial charge in [-0.3, -0.25) is 14.4 Å². The summed E-state index contributed by atoms with van der Waals surface area (Å²) in [6, 6.07) is 0. The number of unbranched alkanes of at least 4 members (excludes halogenated alkanes) is 36. The van der Waals surface area contributed by atoms with Crippen LogP contribution in [0.1, 0.15) is 316 Å². The van der Waals surface area contributed by atoms with Gasteiger partial charge < -0.3 is 14.2 Å². The Morgan fingerprint density at radius 3 is 0.812 bits per heavy atom. The van der Waals surface area contributed by atoms with E-state index in [9.17, 15) is 14.4 Å². The molecular formula is C63H114O6. The van der Waals surface area contributed by atoms with Crippen LogP contribution in [-0.2, 0) is 28.6 Å². The van der Waals surface area contributed by atoms with Crippen LogP contribution in [0.5, 0.6) is 0 Å². The summed E-state index contributed by atoms with van der Waals surface area (Å²) in [6.45, 7) is 6.62. The molecule has 0 aromatic heterocycles. The molecule has 0 radical (unpaired) electrons. The van der Waals surface area contributed by atoms with Crippen molar-refractivity contribution in [3.05, 3.63) is 48.6 Å². The molecule has 0 saturated heterocycles. The highest BCUT2D eigenvalue weighted by Crippen LogP contribution is 2.16. The number of ether oxygens (including phenoxy) is 3. The molecule has 0 aliphatic heterocycles. The zero-order valence-electron chi connectivity index (χ0n) is 46.1. The van der Waals surface area contributed by atoms with Crippen molar-refractivity contribution in [1.29, 1.82) is 0 Å². The maximum absolute atomic E-state index is 12.8. The van der Waals surface area contributed by atoms with Gasteiger partial charge in [0.25, 0.3) is 0 Å². The van der Waals surface area contributed by atoms with E-state index in [2.05, 4.69) is 69.4 Å². The van der Waals surface area contributed by atoms with Crippen LogP contribution in [0.2, 0.25) is 0 Å². The second-order valence-electron chi connectivity index (χ2n) is 20.3. The molecule has 0 bridgehead atoms. The van der Waals surface area contributed by atoms with Crippen molar-refractivity contribution < 1.29 is 28.6 Å². The van der Waals surface area contributed by atoms with E-state index >= 15 is 0 Å². The monoisotopic (exact) mass is 967 g/mol. The molecular weight excluding hydrogens is 853 g/mol. The number of carbonyl (C=O) groups is 3.